The molecule has 0 bridgehead atoms. The van der Waals surface area contributed by atoms with Crippen molar-refractivity contribution < 1.29 is 4.79 Å². The number of aromatic nitrogens is 5. The van der Waals surface area contributed by atoms with Crippen LogP contribution in [-0.4, -0.2) is 63.0 Å². The van der Waals surface area contributed by atoms with Crippen LogP contribution in [0.1, 0.15) is 41.0 Å². The highest BCUT2D eigenvalue weighted by Gasteiger charge is 2.28. The topological polar surface area (TPSA) is 80.0 Å². The quantitative estimate of drug-likeness (QED) is 0.842. The number of hydrogen-bond acceptors (Lipinski definition) is 6. The van der Waals surface area contributed by atoms with E-state index in [4.69, 9.17) is 0 Å². The molecule has 24 heavy (non-hydrogen) atoms. The number of carbonyl (C=O) groups is 1. The fourth-order valence-corrected chi connectivity index (χ4v) is 3.06. The lowest BCUT2D eigenvalue weighted by atomic mass is 10.1. The summed E-state index contributed by atoms with van der Waals surface area (Å²) in [7, 11) is 3.78. The number of carbonyl (C=O) groups excluding carboxylic acids is 1. The SMILES string of the molecule is Cc1nc(C)n(C2CCCN(C(=O)c3ccc(N(C)C)nn3)C2)n1. The third kappa shape index (κ3) is 3.22. The summed E-state index contributed by atoms with van der Waals surface area (Å²) in [5, 5.41) is 12.6. The Labute approximate surface area is 141 Å². The zero-order valence-corrected chi connectivity index (χ0v) is 14.6. The first kappa shape index (κ1) is 16.4. The molecular formula is C16H23N7O. The van der Waals surface area contributed by atoms with Gasteiger partial charge in [-0.15, -0.1) is 10.2 Å². The molecule has 0 aromatic carbocycles. The Hall–Kier alpha value is -2.51. The maximum absolute atomic E-state index is 12.7. The van der Waals surface area contributed by atoms with Gasteiger partial charge in [0.05, 0.1) is 6.04 Å². The lowest BCUT2D eigenvalue weighted by molar-refractivity contribution is 0.0664. The van der Waals surface area contributed by atoms with Crippen LogP contribution in [0.5, 0.6) is 0 Å². The van der Waals surface area contributed by atoms with Crippen molar-refractivity contribution in [3.8, 4) is 0 Å². The van der Waals surface area contributed by atoms with E-state index in [1.165, 1.54) is 0 Å². The van der Waals surface area contributed by atoms with Crippen molar-refractivity contribution in [2.24, 2.45) is 0 Å². The van der Waals surface area contributed by atoms with Crippen LogP contribution in [0.4, 0.5) is 5.82 Å². The van der Waals surface area contributed by atoms with Crippen molar-refractivity contribution in [1.82, 2.24) is 29.9 Å². The van der Waals surface area contributed by atoms with Gasteiger partial charge in [0, 0.05) is 27.2 Å². The van der Waals surface area contributed by atoms with E-state index < -0.39 is 0 Å². The molecule has 128 valence electrons. The first-order valence-corrected chi connectivity index (χ1v) is 8.16. The van der Waals surface area contributed by atoms with Crippen LogP contribution in [-0.2, 0) is 0 Å². The number of hydrogen-bond donors (Lipinski definition) is 0. The van der Waals surface area contributed by atoms with Crippen LogP contribution in [0.15, 0.2) is 12.1 Å². The van der Waals surface area contributed by atoms with Crippen LogP contribution in [0.25, 0.3) is 0 Å². The maximum atomic E-state index is 12.7. The highest BCUT2D eigenvalue weighted by molar-refractivity contribution is 5.92. The van der Waals surface area contributed by atoms with Gasteiger partial charge in [-0.25, -0.2) is 9.67 Å². The summed E-state index contributed by atoms with van der Waals surface area (Å²) in [6.45, 7) is 5.20. The summed E-state index contributed by atoms with van der Waals surface area (Å²) < 4.78 is 1.94. The molecule has 3 rings (SSSR count). The van der Waals surface area contributed by atoms with Gasteiger partial charge in [0.25, 0.3) is 5.91 Å². The minimum atomic E-state index is -0.0769. The number of amides is 1. The van der Waals surface area contributed by atoms with Gasteiger partial charge in [0.2, 0.25) is 0 Å². The van der Waals surface area contributed by atoms with Gasteiger partial charge < -0.3 is 9.80 Å². The van der Waals surface area contributed by atoms with Gasteiger partial charge in [-0.05, 0) is 38.8 Å². The van der Waals surface area contributed by atoms with Gasteiger partial charge in [0.1, 0.15) is 11.6 Å². The Morgan fingerprint density at radius 3 is 2.62 bits per heavy atom. The third-order valence-electron chi connectivity index (χ3n) is 4.27. The predicted molar refractivity (Wildman–Crippen MR) is 90.0 cm³/mol. The molecule has 1 fully saturated rings. The normalized spacial score (nSPS) is 17.8. The highest BCUT2D eigenvalue weighted by atomic mass is 16.2. The maximum Gasteiger partial charge on any atom is 0.274 e. The molecule has 0 spiro atoms. The van der Waals surface area contributed by atoms with E-state index >= 15 is 0 Å². The smallest absolute Gasteiger partial charge is 0.274 e. The molecule has 2 aromatic rings. The summed E-state index contributed by atoms with van der Waals surface area (Å²) in [5.74, 6) is 2.31. The van der Waals surface area contributed by atoms with Crippen LogP contribution in [0.3, 0.4) is 0 Å². The number of anilines is 1. The second kappa shape index (κ2) is 6.54. The monoisotopic (exact) mass is 329 g/mol. The van der Waals surface area contributed by atoms with Gasteiger partial charge in [-0.1, -0.05) is 0 Å². The summed E-state index contributed by atoms with van der Waals surface area (Å²) in [5.41, 5.74) is 0.382. The zero-order valence-electron chi connectivity index (χ0n) is 14.6. The minimum Gasteiger partial charge on any atom is -0.361 e. The van der Waals surface area contributed by atoms with Crippen molar-refractivity contribution in [1.29, 1.82) is 0 Å². The fourth-order valence-electron chi connectivity index (χ4n) is 3.06. The molecule has 8 heteroatoms. The average molecular weight is 329 g/mol. The first-order valence-electron chi connectivity index (χ1n) is 8.16. The predicted octanol–water partition coefficient (Wildman–Crippen LogP) is 1.23. The number of rotatable bonds is 3. The second-order valence-corrected chi connectivity index (χ2v) is 6.37. The molecule has 0 aliphatic carbocycles. The molecule has 1 aliphatic rings. The molecule has 1 amide bonds. The van der Waals surface area contributed by atoms with Crippen molar-refractivity contribution in [2.75, 3.05) is 32.1 Å². The van der Waals surface area contributed by atoms with E-state index in [1.807, 2.05) is 48.5 Å². The van der Waals surface area contributed by atoms with Crippen molar-refractivity contribution in [2.45, 2.75) is 32.7 Å². The molecule has 1 saturated heterocycles. The highest BCUT2D eigenvalue weighted by Crippen LogP contribution is 2.23. The summed E-state index contributed by atoms with van der Waals surface area (Å²) >= 11 is 0. The Morgan fingerprint density at radius 2 is 2.04 bits per heavy atom. The van der Waals surface area contributed by atoms with Gasteiger partial charge in [0.15, 0.2) is 11.5 Å². The van der Waals surface area contributed by atoms with E-state index in [1.54, 1.807) is 6.07 Å². The van der Waals surface area contributed by atoms with Crippen LogP contribution >= 0.6 is 0 Å². The molecule has 3 heterocycles. The molecule has 0 saturated carbocycles. The second-order valence-electron chi connectivity index (χ2n) is 6.37. The number of aryl methyl sites for hydroxylation is 2. The molecule has 1 aliphatic heterocycles. The Bertz CT molecular complexity index is 723. The van der Waals surface area contributed by atoms with E-state index in [2.05, 4.69) is 20.3 Å². The number of piperidine rings is 1. The van der Waals surface area contributed by atoms with Crippen molar-refractivity contribution >= 4 is 11.7 Å². The Morgan fingerprint density at radius 1 is 1.25 bits per heavy atom. The fraction of sp³-hybridized carbons (Fsp3) is 0.562. The molecule has 2 aromatic heterocycles. The number of likely N-dealkylation sites (tertiary alicyclic amines) is 1. The molecule has 1 unspecified atom stereocenters. The van der Waals surface area contributed by atoms with E-state index in [0.717, 1.165) is 36.9 Å². The van der Waals surface area contributed by atoms with Crippen LogP contribution in [0, 0.1) is 13.8 Å². The average Bonchev–Trinajstić information content (AvgIpc) is 2.93. The van der Waals surface area contributed by atoms with Gasteiger partial charge >= 0.3 is 0 Å². The van der Waals surface area contributed by atoms with E-state index in [-0.39, 0.29) is 11.9 Å². The Balaban J connectivity index is 1.74. The lowest BCUT2D eigenvalue weighted by Crippen LogP contribution is -2.41. The standard InChI is InChI=1S/C16H23N7O/c1-11-17-12(2)23(20-11)13-6-5-9-22(10-13)16(24)14-7-8-15(19-18-14)21(3)4/h7-8,13H,5-6,9-10H2,1-4H3. The largest absolute Gasteiger partial charge is 0.361 e. The summed E-state index contributed by atoms with van der Waals surface area (Å²) in [6.07, 6.45) is 1.94. The van der Waals surface area contributed by atoms with E-state index in [9.17, 15) is 4.79 Å². The van der Waals surface area contributed by atoms with Crippen molar-refractivity contribution in [3.05, 3.63) is 29.5 Å². The molecule has 0 radical (unpaired) electrons. The molecule has 1 atom stereocenters. The summed E-state index contributed by atoms with van der Waals surface area (Å²) in [6, 6.07) is 3.71. The van der Waals surface area contributed by atoms with Crippen LogP contribution < -0.4 is 4.90 Å². The van der Waals surface area contributed by atoms with Crippen molar-refractivity contribution in [3.63, 3.8) is 0 Å². The molecular weight excluding hydrogens is 306 g/mol. The first-order chi connectivity index (χ1) is 11.5. The Kier molecular flexibility index (Phi) is 4.46. The van der Waals surface area contributed by atoms with Crippen LogP contribution in [0.2, 0.25) is 0 Å². The molecule has 0 N–H and O–H groups in total. The number of nitrogens with zero attached hydrogens (tertiary/aromatic N) is 7. The molecule has 8 nitrogen and oxygen atoms in total. The van der Waals surface area contributed by atoms with E-state index in [0.29, 0.717) is 12.2 Å². The third-order valence-corrected chi connectivity index (χ3v) is 4.27. The van der Waals surface area contributed by atoms with Gasteiger partial charge in [-0.3, -0.25) is 4.79 Å². The minimum absolute atomic E-state index is 0.0769. The summed E-state index contributed by atoms with van der Waals surface area (Å²) in [4.78, 5) is 20.8. The lowest BCUT2D eigenvalue weighted by Gasteiger charge is -2.32. The van der Waals surface area contributed by atoms with Gasteiger partial charge in [-0.2, -0.15) is 5.10 Å². The zero-order chi connectivity index (χ0) is 17.3.